The van der Waals surface area contributed by atoms with Crippen LogP contribution in [0, 0.1) is 5.82 Å². The number of hydrogen-bond donors (Lipinski definition) is 0. The predicted octanol–water partition coefficient (Wildman–Crippen LogP) is 3.46. The van der Waals surface area contributed by atoms with Gasteiger partial charge >= 0.3 is 0 Å². The molecule has 1 saturated heterocycles. The van der Waals surface area contributed by atoms with Crippen LogP contribution in [0.3, 0.4) is 0 Å². The van der Waals surface area contributed by atoms with Crippen molar-refractivity contribution in [2.24, 2.45) is 0 Å². The Morgan fingerprint density at radius 3 is 3.10 bits per heavy atom. The summed E-state index contributed by atoms with van der Waals surface area (Å²) in [5.74, 6) is 0.635. The number of rotatable bonds is 3. The van der Waals surface area contributed by atoms with Crippen molar-refractivity contribution >= 4 is 0 Å². The van der Waals surface area contributed by atoms with Gasteiger partial charge in [-0.25, -0.2) is 4.39 Å². The molecule has 0 radical (unpaired) electrons. The minimum absolute atomic E-state index is 0.196. The molecule has 1 aromatic rings. The summed E-state index contributed by atoms with van der Waals surface area (Å²) in [5, 5.41) is 0. The zero-order chi connectivity index (χ0) is 13.9. The number of ether oxygens (including phenoxy) is 2. The summed E-state index contributed by atoms with van der Waals surface area (Å²) in [4.78, 5) is 2.47. The largest absolute Gasteiger partial charge is 0.467 e. The van der Waals surface area contributed by atoms with Crippen LogP contribution in [0.2, 0.25) is 0 Å². The number of fused-ring (bicyclic) bond motifs is 1. The third-order valence-electron chi connectivity index (χ3n) is 4.35. The molecular weight excluding hydrogens is 257 g/mol. The molecule has 1 fully saturated rings. The Kier molecular flexibility index (Phi) is 4.22. The topological polar surface area (TPSA) is 21.7 Å². The molecular formula is C16H22FNO2. The molecule has 0 spiro atoms. The average molecular weight is 279 g/mol. The van der Waals surface area contributed by atoms with Crippen LogP contribution >= 0.6 is 0 Å². The molecule has 0 aliphatic carbocycles. The zero-order valence-electron chi connectivity index (χ0n) is 12.0. The number of hydrogen-bond acceptors (Lipinski definition) is 3. The monoisotopic (exact) mass is 279 g/mol. The van der Waals surface area contributed by atoms with Gasteiger partial charge in [-0.05, 0) is 37.9 Å². The summed E-state index contributed by atoms with van der Waals surface area (Å²) in [7, 11) is 0. The van der Waals surface area contributed by atoms with Crippen molar-refractivity contribution in [3.05, 3.63) is 29.1 Å². The molecule has 2 aliphatic rings. The first-order valence-electron chi connectivity index (χ1n) is 7.54. The Labute approximate surface area is 119 Å². The Morgan fingerprint density at radius 1 is 1.35 bits per heavy atom. The molecule has 2 heterocycles. The number of nitrogens with zero attached hydrogens (tertiary/aromatic N) is 1. The first kappa shape index (κ1) is 13.8. The molecule has 3 nitrogen and oxygen atoms in total. The Hall–Kier alpha value is -1.13. The van der Waals surface area contributed by atoms with Crippen LogP contribution in [0.4, 0.5) is 4.39 Å². The van der Waals surface area contributed by atoms with Gasteiger partial charge in [0.1, 0.15) is 11.6 Å². The van der Waals surface area contributed by atoms with E-state index in [9.17, 15) is 4.39 Å². The summed E-state index contributed by atoms with van der Waals surface area (Å²) in [6.45, 7) is 4.81. The molecule has 2 aliphatic heterocycles. The lowest BCUT2D eigenvalue weighted by atomic mass is 9.98. The molecule has 0 bridgehead atoms. The summed E-state index contributed by atoms with van der Waals surface area (Å²) < 4.78 is 24.6. The van der Waals surface area contributed by atoms with Crippen LogP contribution in [0.25, 0.3) is 0 Å². The van der Waals surface area contributed by atoms with E-state index in [4.69, 9.17) is 9.47 Å². The van der Waals surface area contributed by atoms with Gasteiger partial charge in [0.2, 0.25) is 0 Å². The summed E-state index contributed by atoms with van der Waals surface area (Å²) >= 11 is 0. The second-order valence-corrected chi connectivity index (χ2v) is 5.69. The van der Waals surface area contributed by atoms with Gasteiger partial charge in [0, 0.05) is 23.7 Å². The van der Waals surface area contributed by atoms with Crippen LogP contribution in [-0.4, -0.2) is 24.3 Å². The zero-order valence-corrected chi connectivity index (χ0v) is 12.0. The van der Waals surface area contributed by atoms with Crippen molar-refractivity contribution in [1.82, 2.24) is 4.90 Å². The third-order valence-corrected chi connectivity index (χ3v) is 4.35. The maximum absolute atomic E-state index is 13.8. The second-order valence-electron chi connectivity index (χ2n) is 5.69. The van der Waals surface area contributed by atoms with Gasteiger partial charge in [0.15, 0.2) is 6.79 Å². The lowest BCUT2D eigenvalue weighted by Gasteiger charge is -2.36. The van der Waals surface area contributed by atoms with Gasteiger partial charge in [-0.1, -0.05) is 13.3 Å². The molecule has 0 aromatic heterocycles. The molecule has 3 rings (SSSR count). The van der Waals surface area contributed by atoms with E-state index in [1.807, 2.05) is 0 Å². The lowest BCUT2D eigenvalue weighted by Crippen LogP contribution is -2.38. The number of benzene rings is 1. The Bertz CT molecular complexity index is 478. The highest BCUT2D eigenvalue weighted by Crippen LogP contribution is 2.32. The first-order chi connectivity index (χ1) is 9.78. The van der Waals surface area contributed by atoms with Crippen LogP contribution in [-0.2, 0) is 17.9 Å². The maximum Gasteiger partial charge on any atom is 0.189 e. The predicted molar refractivity (Wildman–Crippen MR) is 75.0 cm³/mol. The van der Waals surface area contributed by atoms with Crippen LogP contribution in [0.1, 0.15) is 43.7 Å². The minimum atomic E-state index is -0.196. The average Bonchev–Trinajstić information content (AvgIpc) is 2.47. The Morgan fingerprint density at radius 2 is 2.25 bits per heavy atom. The second kappa shape index (κ2) is 6.10. The minimum Gasteiger partial charge on any atom is -0.467 e. The fraction of sp³-hybridized carbons (Fsp3) is 0.625. The Balaban J connectivity index is 1.84. The smallest absolute Gasteiger partial charge is 0.189 e. The third kappa shape index (κ3) is 2.81. The van der Waals surface area contributed by atoms with Crippen molar-refractivity contribution in [3.8, 4) is 5.75 Å². The van der Waals surface area contributed by atoms with Crippen molar-refractivity contribution < 1.29 is 13.9 Å². The standard InChI is InChI=1S/C16H22FNO2/c1-2-15-5-3-4-6-18(15)9-12-7-14(17)8-13-10-19-11-20-16(12)13/h7-8,15H,2-6,9-11H2,1H3. The maximum atomic E-state index is 13.8. The van der Waals surface area contributed by atoms with Crippen LogP contribution in [0.15, 0.2) is 12.1 Å². The van der Waals surface area contributed by atoms with E-state index in [1.165, 1.54) is 25.3 Å². The molecule has 0 saturated carbocycles. The van der Waals surface area contributed by atoms with E-state index in [0.29, 0.717) is 12.6 Å². The van der Waals surface area contributed by atoms with E-state index in [1.54, 1.807) is 6.07 Å². The highest BCUT2D eigenvalue weighted by atomic mass is 19.1. The van der Waals surface area contributed by atoms with Crippen LogP contribution in [0.5, 0.6) is 5.75 Å². The fourth-order valence-electron chi connectivity index (χ4n) is 3.32. The number of piperidine rings is 1. The molecule has 1 unspecified atom stereocenters. The van der Waals surface area contributed by atoms with Gasteiger partial charge in [0.25, 0.3) is 0 Å². The summed E-state index contributed by atoms with van der Waals surface area (Å²) in [6, 6.07) is 3.75. The molecule has 1 aromatic carbocycles. The van der Waals surface area contributed by atoms with Gasteiger partial charge in [-0.2, -0.15) is 0 Å². The van der Waals surface area contributed by atoms with Crippen molar-refractivity contribution in [2.45, 2.75) is 51.8 Å². The highest BCUT2D eigenvalue weighted by Gasteiger charge is 2.24. The number of halogens is 1. The van der Waals surface area contributed by atoms with Gasteiger partial charge in [0.05, 0.1) is 6.61 Å². The SMILES string of the molecule is CCC1CCCCN1Cc1cc(F)cc2c1OCOC2. The molecule has 0 amide bonds. The van der Waals surface area contributed by atoms with Gasteiger partial charge < -0.3 is 9.47 Å². The molecule has 110 valence electrons. The van der Waals surface area contributed by atoms with Crippen LogP contribution < -0.4 is 4.74 Å². The molecule has 4 heteroatoms. The van der Waals surface area contributed by atoms with E-state index in [2.05, 4.69) is 11.8 Å². The van der Waals surface area contributed by atoms with E-state index in [-0.39, 0.29) is 12.6 Å². The summed E-state index contributed by atoms with van der Waals surface area (Å²) in [5.41, 5.74) is 1.79. The summed E-state index contributed by atoms with van der Waals surface area (Å²) in [6.07, 6.45) is 4.94. The molecule has 20 heavy (non-hydrogen) atoms. The van der Waals surface area contributed by atoms with Gasteiger partial charge in [-0.3, -0.25) is 4.90 Å². The number of likely N-dealkylation sites (tertiary alicyclic amines) is 1. The molecule has 1 atom stereocenters. The van der Waals surface area contributed by atoms with E-state index < -0.39 is 0 Å². The lowest BCUT2D eigenvalue weighted by molar-refractivity contribution is -0.0180. The van der Waals surface area contributed by atoms with E-state index >= 15 is 0 Å². The van der Waals surface area contributed by atoms with Crippen molar-refractivity contribution in [2.75, 3.05) is 13.3 Å². The van der Waals surface area contributed by atoms with Crippen molar-refractivity contribution in [1.29, 1.82) is 0 Å². The van der Waals surface area contributed by atoms with Gasteiger partial charge in [-0.15, -0.1) is 0 Å². The first-order valence-corrected chi connectivity index (χ1v) is 7.54. The van der Waals surface area contributed by atoms with E-state index in [0.717, 1.165) is 36.4 Å². The highest BCUT2D eigenvalue weighted by molar-refractivity contribution is 5.42. The molecule has 0 N–H and O–H groups in total. The fourth-order valence-corrected chi connectivity index (χ4v) is 3.32. The normalized spacial score (nSPS) is 23.2. The van der Waals surface area contributed by atoms with Crippen molar-refractivity contribution in [3.63, 3.8) is 0 Å². The quantitative estimate of drug-likeness (QED) is 0.846.